The summed E-state index contributed by atoms with van der Waals surface area (Å²) < 4.78 is 5.07. The molecule has 4 heteroatoms. The van der Waals surface area contributed by atoms with Crippen LogP contribution >= 0.6 is 0 Å². The van der Waals surface area contributed by atoms with Gasteiger partial charge < -0.3 is 14.9 Å². The van der Waals surface area contributed by atoms with Gasteiger partial charge in [0.05, 0.1) is 6.10 Å². The summed E-state index contributed by atoms with van der Waals surface area (Å²) in [4.78, 5) is 12.7. The highest BCUT2D eigenvalue weighted by atomic mass is 16.5. The van der Waals surface area contributed by atoms with Crippen molar-refractivity contribution < 1.29 is 19.7 Å². The molecular formula is C22H34O4. The number of rotatable bonds is 3. The minimum Gasteiger partial charge on any atom is -0.393 e. The molecule has 146 valence electrons. The first-order valence-electron chi connectivity index (χ1n) is 10.4. The molecule has 7 atom stereocenters. The first-order chi connectivity index (χ1) is 12.3. The van der Waals surface area contributed by atoms with Gasteiger partial charge in [-0.2, -0.15) is 0 Å². The van der Waals surface area contributed by atoms with Crippen LogP contribution in [-0.2, 0) is 9.53 Å². The molecule has 4 rings (SSSR count). The molecular weight excluding hydrogens is 328 g/mol. The SMILES string of the molecule is COCC(=O)[C@@]1(O)CC[C@H]2[C@@H]3CC=C4CC(O)CC[C@]4(C)[C@H]3CC[C@@]21C. The molecule has 0 heterocycles. The summed E-state index contributed by atoms with van der Waals surface area (Å²) in [6, 6.07) is 0. The highest BCUT2D eigenvalue weighted by Crippen LogP contribution is 2.67. The van der Waals surface area contributed by atoms with Gasteiger partial charge in [0.2, 0.25) is 0 Å². The number of carbonyl (C=O) groups is 1. The zero-order valence-electron chi connectivity index (χ0n) is 16.5. The fraction of sp³-hybridized carbons (Fsp3) is 0.864. The highest BCUT2D eigenvalue weighted by Gasteiger charge is 2.65. The third-order valence-electron chi connectivity index (χ3n) is 8.97. The Morgan fingerprint density at radius 3 is 2.65 bits per heavy atom. The van der Waals surface area contributed by atoms with Crippen LogP contribution in [0.5, 0.6) is 0 Å². The van der Waals surface area contributed by atoms with Crippen LogP contribution in [0.2, 0.25) is 0 Å². The summed E-state index contributed by atoms with van der Waals surface area (Å²) in [7, 11) is 1.53. The van der Waals surface area contributed by atoms with Crippen LogP contribution in [0.15, 0.2) is 11.6 Å². The first kappa shape index (κ1) is 18.6. The molecule has 0 spiro atoms. The fourth-order valence-corrected chi connectivity index (χ4v) is 7.37. The number of methoxy groups -OCH3 is 1. The van der Waals surface area contributed by atoms with Crippen molar-refractivity contribution >= 4 is 5.78 Å². The topological polar surface area (TPSA) is 66.8 Å². The Kier molecular flexibility index (Phi) is 4.41. The smallest absolute Gasteiger partial charge is 0.190 e. The predicted octanol–water partition coefficient (Wildman–Crippen LogP) is 3.26. The molecule has 4 nitrogen and oxygen atoms in total. The molecule has 0 aliphatic heterocycles. The second-order valence-corrected chi connectivity index (χ2v) is 9.87. The lowest BCUT2D eigenvalue weighted by molar-refractivity contribution is -0.164. The molecule has 2 N–H and O–H groups in total. The number of ether oxygens (including phenoxy) is 1. The van der Waals surface area contributed by atoms with E-state index in [4.69, 9.17) is 4.74 Å². The Hall–Kier alpha value is -0.710. The minimum atomic E-state index is -1.23. The summed E-state index contributed by atoms with van der Waals surface area (Å²) in [5, 5.41) is 21.5. The molecule has 26 heavy (non-hydrogen) atoms. The van der Waals surface area contributed by atoms with E-state index in [0.717, 1.165) is 44.9 Å². The number of Topliss-reactive ketones (excluding diaryl/α,β-unsaturated/α-hetero) is 1. The molecule has 0 aromatic heterocycles. The number of aliphatic hydroxyl groups is 2. The van der Waals surface area contributed by atoms with Crippen LogP contribution in [0.4, 0.5) is 0 Å². The van der Waals surface area contributed by atoms with Crippen molar-refractivity contribution in [3.05, 3.63) is 11.6 Å². The third-order valence-corrected chi connectivity index (χ3v) is 8.97. The largest absolute Gasteiger partial charge is 0.393 e. The van der Waals surface area contributed by atoms with Gasteiger partial charge in [-0.3, -0.25) is 4.79 Å². The molecule has 1 unspecified atom stereocenters. The van der Waals surface area contributed by atoms with Crippen LogP contribution in [0.3, 0.4) is 0 Å². The summed E-state index contributed by atoms with van der Waals surface area (Å²) in [6.45, 7) is 4.56. The van der Waals surface area contributed by atoms with Crippen molar-refractivity contribution in [2.75, 3.05) is 13.7 Å². The predicted molar refractivity (Wildman–Crippen MR) is 99.5 cm³/mol. The number of allylic oxidation sites excluding steroid dienone is 1. The Morgan fingerprint density at radius 1 is 1.19 bits per heavy atom. The number of hydrogen-bond donors (Lipinski definition) is 2. The van der Waals surface area contributed by atoms with Crippen molar-refractivity contribution in [1.29, 1.82) is 0 Å². The maximum Gasteiger partial charge on any atom is 0.190 e. The van der Waals surface area contributed by atoms with Crippen LogP contribution in [0.25, 0.3) is 0 Å². The molecule has 0 radical (unpaired) electrons. The van der Waals surface area contributed by atoms with Crippen molar-refractivity contribution in [3.63, 3.8) is 0 Å². The van der Waals surface area contributed by atoms with Crippen molar-refractivity contribution in [3.8, 4) is 0 Å². The average Bonchev–Trinajstić information content (AvgIpc) is 2.88. The zero-order valence-corrected chi connectivity index (χ0v) is 16.5. The number of fused-ring (bicyclic) bond motifs is 5. The number of ketones is 1. The van der Waals surface area contributed by atoms with E-state index in [0.29, 0.717) is 24.2 Å². The first-order valence-corrected chi connectivity index (χ1v) is 10.4. The van der Waals surface area contributed by atoms with Crippen LogP contribution in [-0.4, -0.2) is 41.4 Å². The molecule has 0 saturated heterocycles. The van der Waals surface area contributed by atoms with E-state index in [-0.39, 0.29) is 29.3 Å². The Labute approximate surface area is 157 Å². The van der Waals surface area contributed by atoms with E-state index < -0.39 is 5.60 Å². The van der Waals surface area contributed by atoms with Crippen molar-refractivity contribution in [2.24, 2.45) is 28.6 Å². The molecule has 0 aromatic carbocycles. The van der Waals surface area contributed by atoms with Crippen LogP contribution < -0.4 is 0 Å². The lowest BCUT2D eigenvalue weighted by Crippen LogP contribution is -2.58. The van der Waals surface area contributed by atoms with E-state index in [9.17, 15) is 15.0 Å². The van der Waals surface area contributed by atoms with Gasteiger partial charge in [0, 0.05) is 12.5 Å². The summed E-state index contributed by atoms with van der Waals surface area (Å²) in [5.74, 6) is 1.42. The quantitative estimate of drug-likeness (QED) is 0.756. The van der Waals surface area contributed by atoms with Gasteiger partial charge in [0.1, 0.15) is 12.2 Å². The second-order valence-electron chi connectivity index (χ2n) is 9.87. The van der Waals surface area contributed by atoms with Crippen LogP contribution in [0.1, 0.15) is 65.2 Å². The summed E-state index contributed by atoms with van der Waals surface area (Å²) >= 11 is 0. The molecule has 4 aliphatic rings. The van der Waals surface area contributed by atoms with Gasteiger partial charge in [-0.1, -0.05) is 25.5 Å². The third kappa shape index (κ3) is 2.34. The standard InChI is InChI=1S/C22H34O4/c1-20-9-6-15(23)12-14(20)4-5-16-17(20)7-10-21(2)18(16)8-11-22(21,25)19(24)13-26-3/h4,15-18,23,25H,5-13H2,1-3H3/t15?,16-,17+,18+,20+,21+,22+/m1/s1. The van der Waals surface area contributed by atoms with Gasteiger partial charge in [-0.15, -0.1) is 0 Å². The molecule has 3 saturated carbocycles. The Morgan fingerprint density at radius 2 is 1.92 bits per heavy atom. The highest BCUT2D eigenvalue weighted by molar-refractivity contribution is 5.89. The van der Waals surface area contributed by atoms with Gasteiger partial charge >= 0.3 is 0 Å². The van der Waals surface area contributed by atoms with Gasteiger partial charge in [0.15, 0.2) is 5.78 Å². The normalized spacial score (nSPS) is 50.4. The summed E-state index contributed by atoms with van der Waals surface area (Å²) in [5.41, 5.74) is 0.0944. The summed E-state index contributed by atoms with van der Waals surface area (Å²) in [6.07, 6.45) is 9.55. The molecule has 4 aliphatic carbocycles. The lowest BCUT2D eigenvalue weighted by atomic mass is 9.46. The Bertz CT molecular complexity index is 628. The number of carbonyl (C=O) groups excluding carboxylic acids is 1. The monoisotopic (exact) mass is 362 g/mol. The number of aliphatic hydroxyl groups excluding tert-OH is 1. The van der Waals surface area contributed by atoms with E-state index in [1.165, 1.54) is 12.7 Å². The lowest BCUT2D eigenvalue weighted by Gasteiger charge is -2.58. The molecule has 0 bridgehead atoms. The maximum atomic E-state index is 12.7. The van der Waals surface area contributed by atoms with Gasteiger partial charge in [-0.05, 0) is 74.5 Å². The van der Waals surface area contributed by atoms with E-state index >= 15 is 0 Å². The fourth-order valence-electron chi connectivity index (χ4n) is 7.37. The molecule has 0 amide bonds. The zero-order chi connectivity index (χ0) is 18.7. The van der Waals surface area contributed by atoms with Crippen molar-refractivity contribution in [2.45, 2.75) is 76.9 Å². The average molecular weight is 363 g/mol. The molecule has 0 aromatic rings. The minimum absolute atomic E-state index is 0.00651. The Balaban J connectivity index is 1.65. The van der Waals surface area contributed by atoms with Crippen LogP contribution in [0, 0.1) is 28.6 Å². The van der Waals surface area contributed by atoms with Gasteiger partial charge in [-0.25, -0.2) is 0 Å². The van der Waals surface area contributed by atoms with E-state index in [2.05, 4.69) is 19.9 Å². The van der Waals surface area contributed by atoms with Gasteiger partial charge in [0.25, 0.3) is 0 Å². The second kappa shape index (κ2) is 6.15. The molecule has 3 fully saturated rings. The number of hydrogen-bond acceptors (Lipinski definition) is 4. The van der Waals surface area contributed by atoms with E-state index in [1.807, 2.05) is 0 Å². The van der Waals surface area contributed by atoms with E-state index in [1.54, 1.807) is 0 Å². The van der Waals surface area contributed by atoms with Crippen molar-refractivity contribution in [1.82, 2.24) is 0 Å². The maximum absolute atomic E-state index is 12.7.